The molecule has 0 bridgehead atoms. The molecule has 1 unspecified atom stereocenters. The van der Waals surface area contributed by atoms with Gasteiger partial charge in [-0.1, -0.05) is 20.3 Å². The SMILES string of the molecule is CCCNC(=O)CN(C)C(=O)C1(CCC)CCCN1. The van der Waals surface area contributed by atoms with Crippen molar-refractivity contribution in [1.82, 2.24) is 15.5 Å². The second-order valence-electron chi connectivity index (χ2n) is 5.37. The molecule has 110 valence electrons. The number of likely N-dealkylation sites (N-methyl/N-ethyl adjacent to an activating group) is 1. The number of amides is 2. The zero-order chi connectivity index (χ0) is 14.3. The molecule has 1 fully saturated rings. The Labute approximate surface area is 116 Å². The molecule has 0 aromatic heterocycles. The zero-order valence-corrected chi connectivity index (χ0v) is 12.4. The Balaban J connectivity index is 2.56. The molecule has 5 heteroatoms. The number of hydrogen-bond donors (Lipinski definition) is 2. The molecule has 1 atom stereocenters. The van der Waals surface area contributed by atoms with Crippen molar-refractivity contribution in [1.29, 1.82) is 0 Å². The van der Waals surface area contributed by atoms with Crippen LogP contribution in [0.4, 0.5) is 0 Å². The van der Waals surface area contributed by atoms with Gasteiger partial charge in [0.2, 0.25) is 11.8 Å². The Morgan fingerprint density at radius 2 is 2.05 bits per heavy atom. The Bertz CT molecular complexity index is 312. The second kappa shape index (κ2) is 7.48. The number of nitrogens with zero attached hydrogens (tertiary/aromatic N) is 1. The summed E-state index contributed by atoms with van der Waals surface area (Å²) in [5, 5.41) is 6.15. The third-order valence-corrected chi connectivity index (χ3v) is 3.63. The van der Waals surface area contributed by atoms with Gasteiger partial charge in [0.1, 0.15) is 0 Å². The van der Waals surface area contributed by atoms with E-state index in [9.17, 15) is 9.59 Å². The first kappa shape index (κ1) is 16.0. The van der Waals surface area contributed by atoms with Gasteiger partial charge >= 0.3 is 0 Å². The maximum absolute atomic E-state index is 12.5. The first-order chi connectivity index (χ1) is 9.05. The van der Waals surface area contributed by atoms with Crippen LogP contribution in [0.2, 0.25) is 0 Å². The van der Waals surface area contributed by atoms with Crippen molar-refractivity contribution in [3.63, 3.8) is 0 Å². The Hall–Kier alpha value is -1.10. The molecular weight excluding hydrogens is 242 g/mol. The van der Waals surface area contributed by atoms with E-state index in [0.29, 0.717) is 6.54 Å². The van der Waals surface area contributed by atoms with Crippen molar-refractivity contribution in [2.24, 2.45) is 0 Å². The minimum Gasteiger partial charge on any atom is -0.355 e. The fourth-order valence-corrected chi connectivity index (χ4v) is 2.71. The van der Waals surface area contributed by atoms with Gasteiger partial charge in [-0.3, -0.25) is 9.59 Å². The molecule has 0 radical (unpaired) electrons. The van der Waals surface area contributed by atoms with Crippen molar-refractivity contribution >= 4 is 11.8 Å². The third kappa shape index (κ3) is 4.20. The maximum Gasteiger partial charge on any atom is 0.243 e. The lowest BCUT2D eigenvalue weighted by molar-refractivity contribution is -0.140. The highest BCUT2D eigenvalue weighted by atomic mass is 16.2. The lowest BCUT2D eigenvalue weighted by Gasteiger charge is -2.32. The standard InChI is InChI=1S/C14H27N3O2/c1-4-7-14(8-6-10-16-14)13(19)17(3)11-12(18)15-9-5-2/h16H,4-11H2,1-3H3,(H,15,18). The van der Waals surface area contributed by atoms with E-state index in [0.717, 1.165) is 38.6 Å². The van der Waals surface area contributed by atoms with Crippen molar-refractivity contribution in [3.05, 3.63) is 0 Å². The van der Waals surface area contributed by atoms with Crippen LogP contribution in [0, 0.1) is 0 Å². The quantitative estimate of drug-likeness (QED) is 0.721. The lowest BCUT2D eigenvalue weighted by Crippen LogP contribution is -2.55. The molecule has 1 saturated heterocycles. The molecule has 0 aromatic carbocycles. The summed E-state index contributed by atoms with van der Waals surface area (Å²) in [4.78, 5) is 25.8. The first-order valence-electron chi connectivity index (χ1n) is 7.33. The summed E-state index contributed by atoms with van der Waals surface area (Å²) in [6.07, 6.45) is 4.62. The van der Waals surface area contributed by atoms with E-state index in [1.54, 1.807) is 11.9 Å². The zero-order valence-electron chi connectivity index (χ0n) is 12.4. The molecule has 1 aliphatic heterocycles. The van der Waals surface area contributed by atoms with Crippen LogP contribution in [0.1, 0.15) is 46.0 Å². The van der Waals surface area contributed by atoms with Gasteiger partial charge in [0, 0.05) is 13.6 Å². The summed E-state index contributed by atoms with van der Waals surface area (Å²) in [5.74, 6) is -0.0270. The van der Waals surface area contributed by atoms with Crippen molar-refractivity contribution in [3.8, 4) is 0 Å². The summed E-state index contributed by atoms with van der Waals surface area (Å²) in [6, 6.07) is 0. The molecule has 5 nitrogen and oxygen atoms in total. The summed E-state index contributed by atoms with van der Waals surface area (Å²) < 4.78 is 0. The van der Waals surface area contributed by atoms with Crippen LogP contribution in [-0.2, 0) is 9.59 Å². The summed E-state index contributed by atoms with van der Waals surface area (Å²) in [7, 11) is 1.71. The van der Waals surface area contributed by atoms with Crippen LogP contribution in [-0.4, -0.2) is 48.9 Å². The molecule has 0 aromatic rings. The largest absolute Gasteiger partial charge is 0.355 e. The van der Waals surface area contributed by atoms with Gasteiger partial charge < -0.3 is 15.5 Å². The number of hydrogen-bond acceptors (Lipinski definition) is 3. The molecule has 0 aliphatic carbocycles. The van der Waals surface area contributed by atoms with E-state index < -0.39 is 5.54 Å². The minimum atomic E-state index is -0.436. The van der Waals surface area contributed by atoms with Gasteiger partial charge in [-0.25, -0.2) is 0 Å². The number of carbonyl (C=O) groups excluding carboxylic acids is 2. The monoisotopic (exact) mass is 269 g/mol. The number of rotatable bonds is 7. The van der Waals surface area contributed by atoms with Crippen LogP contribution >= 0.6 is 0 Å². The molecule has 0 spiro atoms. The van der Waals surface area contributed by atoms with E-state index in [1.165, 1.54) is 0 Å². The van der Waals surface area contributed by atoms with E-state index in [1.807, 2.05) is 6.92 Å². The first-order valence-corrected chi connectivity index (χ1v) is 7.33. The van der Waals surface area contributed by atoms with Gasteiger partial charge in [0.15, 0.2) is 0 Å². The van der Waals surface area contributed by atoms with Crippen molar-refractivity contribution in [2.45, 2.75) is 51.5 Å². The molecule has 1 heterocycles. The van der Waals surface area contributed by atoms with Gasteiger partial charge in [-0.15, -0.1) is 0 Å². The van der Waals surface area contributed by atoms with Gasteiger partial charge in [-0.2, -0.15) is 0 Å². The maximum atomic E-state index is 12.5. The van der Waals surface area contributed by atoms with Crippen LogP contribution < -0.4 is 10.6 Å². The number of carbonyl (C=O) groups is 2. The minimum absolute atomic E-state index is 0.0542. The Kier molecular flexibility index (Phi) is 6.28. The summed E-state index contributed by atoms with van der Waals surface area (Å²) >= 11 is 0. The van der Waals surface area contributed by atoms with Crippen LogP contribution in [0.5, 0.6) is 0 Å². The normalized spacial score (nSPS) is 22.3. The second-order valence-corrected chi connectivity index (χ2v) is 5.37. The van der Waals surface area contributed by atoms with Gasteiger partial charge in [0.05, 0.1) is 12.1 Å². The summed E-state index contributed by atoms with van der Waals surface area (Å²) in [5.41, 5.74) is -0.436. The van der Waals surface area contributed by atoms with Gasteiger partial charge in [0.25, 0.3) is 0 Å². The van der Waals surface area contributed by atoms with E-state index in [2.05, 4.69) is 17.6 Å². The fraction of sp³-hybridized carbons (Fsp3) is 0.857. The third-order valence-electron chi connectivity index (χ3n) is 3.63. The molecule has 2 N–H and O–H groups in total. The highest BCUT2D eigenvalue weighted by Gasteiger charge is 2.41. The average molecular weight is 269 g/mol. The van der Waals surface area contributed by atoms with E-state index >= 15 is 0 Å². The van der Waals surface area contributed by atoms with Crippen molar-refractivity contribution < 1.29 is 9.59 Å². The summed E-state index contributed by atoms with van der Waals surface area (Å²) in [6.45, 7) is 5.80. The smallest absolute Gasteiger partial charge is 0.243 e. The highest BCUT2D eigenvalue weighted by Crippen LogP contribution is 2.26. The molecule has 0 saturated carbocycles. The molecular formula is C14H27N3O2. The average Bonchev–Trinajstić information content (AvgIpc) is 2.85. The lowest BCUT2D eigenvalue weighted by atomic mass is 9.90. The van der Waals surface area contributed by atoms with Crippen LogP contribution in [0.15, 0.2) is 0 Å². The van der Waals surface area contributed by atoms with E-state index in [-0.39, 0.29) is 18.4 Å². The van der Waals surface area contributed by atoms with Gasteiger partial charge in [-0.05, 0) is 32.2 Å². The predicted molar refractivity (Wildman–Crippen MR) is 75.8 cm³/mol. The van der Waals surface area contributed by atoms with E-state index in [4.69, 9.17) is 0 Å². The predicted octanol–water partition coefficient (Wildman–Crippen LogP) is 0.893. The topological polar surface area (TPSA) is 61.4 Å². The fourth-order valence-electron chi connectivity index (χ4n) is 2.71. The van der Waals surface area contributed by atoms with Crippen LogP contribution in [0.25, 0.3) is 0 Å². The number of nitrogens with one attached hydrogen (secondary N) is 2. The Morgan fingerprint density at radius 1 is 1.32 bits per heavy atom. The molecule has 1 aliphatic rings. The Morgan fingerprint density at radius 3 is 2.58 bits per heavy atom. The van der Waals surface area contributed by atoms with Crippen molar-refractivity contribution in [2.75, 3.05) is 26.7 Å². The molecule has 1 rings (SSSR count). The van der Waals surface area contributed by atoms with Crippen LogP contribution in [0.3, 0.4) is 0 Å². The molecule has 19 heavy (non-hydrogen) atoms. The highest BCUT2D eigenvalue weighted by molar-refractivity contribution is 5.90. The molecule has 2 amide bonds.